The molecular formula is C24H24N4O4S. The fraction of sp³-hybridized carbons (Fsp3) is 0.250. The average molecular weight is 465 g/mol. The highest BCUT2D eigenvalue weighted by atomic mass is 32.2. The summed E-state index contributed by atoms with van der Waals surface area (Å²) in [5, 5.41) is 9.30. The average Bonchev–Trinajstić information content (AvgIpc) is 3.53. The monoisotopic (exact) mass is 464 g/mol. The molecule has 0 atom stereocenters. The van der Waals surface area contributed by atoms with Crippen LogP contribution in [0.4, 0.5) is 0 Å². The summed E-state index contributed by atoms with van der Waals surface area (Å²) in [5.41, 5.74) is 2.95. The predicted molar refractivity (Wildman–Crippen MR) is 125 cm³/mol. The normalized spacial score (nSPS) is 11.0. The molecule has 0 aliphatic carbocycles. The van der Waals surface area contributed by atoms with E-state index in [0.717, 1.165) is 11.3 Å². The summed E-state index contributed by atoms with van der Waals surface area (Å²) in [7, 11) is 0. The molecule has 8 nitrogen and oxygen atoms in total. The number of hydrogen-bond donors (Lipinski definition) is 1. The van der Waals surface area contributed by atoms with E-state index in [1.54, 1.807) is 27.0 Å². The Hall–Kier alpha value is -3.59. The van der Waals surface area contributed by atoms with Gasteiger partial charge in [0.15, 0.2) is 16.8 Å². The van der Waals surface area contributed by atoms with E-state index in [1.807, 2.05) is 47.0 Å². The molecule has 0 aliphatic rings. The summed E-state index contributed by atoms with van der Waals surface area (Å²) in [6.07, 6.45) is 1.62. The number of aromatic amines is 1. The van der Waals surface area contributed by atoms with Gasteiger partial charge in [0.1, 0.15) is 5.76 Å². The van der Waals surface area contributed by atoms with Gasteiger partial charge < -0.3 is 14.1 Å². The largest absolute Gasteiger partial charge is 0.467 e. The van der Waals surface area contributed by atoms with Gasteiger partial charge in [-0.25, -0.2) is 4.79 Å². The molecule has 9 heteroatoms. The Morgan fingerprint density at radius 1 is 1.12 bits per heavy atom. The van der Waals surface area contributed by atoms with Gasteiger partial charge in [-0.2, -0.15) is 0 Å². The van der Waals surface area contributed by atoms with Crippen LogP contribution in [0.1, 0.15) is 44.8 Å². The Morgan fingerprint density at radius 2 is 1.91 bits per heavy atom. The van der Waals surface area contributed by atoms with Crippen LogP contribution in [-0.4, -0.2) is 43.9 Å². The SMILES string of the molecule is CCOC(=O)c1c(C)[nH]c(C(=O)CSc2nnc(-c3ccccc3)n2Cc2ccco2)c1C. The Bertz CT molecular complexity index is 1260. The van der Waals surface area contributed by atoms with Crippen molar-refractivity contribution in [2.45, 2.75) is 32.5 Å². The van der Waals surface area contributed by atoms with Crippen LogP contribution < -0.4 is 0 Å². The van der Waals surface area contributed by atoms with Gasteiger partial charge in [0.05, 0.1) is 36.4 Å². The van der Waals surface area contributed by atoms with Crippen LogP contribution in [0.3, 0.4) is 0 Å². The molecule has 3 aromatic heterocycles. The molecular weight excluding hydrogens is 440 g/mol. The molecule has 0 unspecified atom stereocenters. The molecule has 0 saturated carbocycles. The van der Waals surface area contributed by atoms with E-state index in [0.29, 0.717) is 40.0 Å². The lowest BCUT2D eigenvalue weighted by atomic mass is 10.1. The van der Waals surface area contributed by atoms with Gasteiger partial charge in [-0.3, -0.25) is 9.36 Å². The number of Topliss-reactive ketones (excluding diaryl/α,β-unsaturated/α-hetero) is 1. The summed E-state index contributed by atoms with van der Waals surface area (Å²) in [6, 6.07) is 13.5. The van der Waals surface area contributed by atoms with Crippen molar-refractivity contribution in [2.24, 2.45) is 0 Å². The van der Waals surface area contributed by atoms with Gasteiger partial charge in [-0.1, -0.05) is 42.1 Å². The fourth-order valence-electron chi connectivity index (χ4n) is 3.64. The third-order valence-electron chi connectivity index (χ3n) is 5.17. The van der Waals surface area contributed by atoms with Gasteiger partial charge in [-0.05, 0) is 38.5 Å². The summed E-state index contributed by atoms with van der Waals surface area (Å²) in [5.74, 6) is 1.02. The fourth-order valence-corrected chi connectivity index (χ4v) is 4.45. The quantitative estimate of drug-likeness (QED) is 0.218. The number of aryl methyl sites for hydroxylation is 1. The number of rotatable bonds is 9. The number of carbonyl (C=O) groups excluding carboxylic acids is 2. The smallest absolute Gasteiger partial charge is 0.340 e. The maximum atomic E-state index is 13.0. The van der Waals surface area contributed by atoms with Gasteiger partial charge >= 0.3 is 5.97 Å². The number of H-pyrrole nitrogens is 1. The van der Waals surface area contributed by atoms with Crippen LogP contribution in [0.25, 0.3) is 11.4 Å². The summed E-state index contributed by atoms with van der Waals surface area (Å²) >= 11 is 1.29. The van der Waals surface area contributed by atoms with Crippen molar-refractivity contribution in [1.29, 1.82) is 0 Å². The first-order chi connectivity index (χ1) is 16.0. The highest BCUT2D eigenvalue weighted by Gasteiger charge is 2.24. The van der Waals surface area contributed by atoms with Gasteiger partial charge in [0, 0.05) is 11.3 Å². The molecule has 0 bridgehead atoms. The maximum Gasteiger partial charge on any atom is 0.340 e. The number of ketones is 1. The minimum Gasteiger partial charge on any atom is -0.467 e. The molecule has 4 aromatic rings. The van der Waals surface area contributed by atoms with E-state index < -0.39 is 5.97 Å². The number of nitrogens with one attached hydrogen (secondary N) is 1. The van der Waals surface area contributed by atoms with Crippen molar-refractivity contribution in [3.8, 4) is 11.4 Å². The van der Waals surface area contributed by atoms with Crippen LogP contribution in [0, 0.1) is 13.8 Å². The lowest BCUT2D eigenvalue weighted by Crippen LogP contribution is -2.09. The van der Waals surface area contributed by atoms with E-state index in [1.165, 1.54) is 11.8 Å². The second kappa shape index (κ2) is 9.91. The second-order valence-corrected chi connectivity index (χ2v) is 8.34. The zero-order valence-corrected chi connectivity index (χ0v) is 19.4. The standard InChI is InChI=1S/C24H24N4O4S/c1-4-31-23(30)20-15(2)21(25-16(20)3)19(29)14-33-24-27-26-22(17-9-6-5-7-10-17)28(24)13-18-11-8-12-32-18/h5-12,25H,4,13-14H2,1-3H3. The van der Waals surface area contributed by atoms with Gasteiger partial charge in [-0.15, -0.1) is 10.2 Å². The number of furan rings is 1. The summed E-state index contributed by atoms with van der Waals surface area (Å²) in [6.45, 7) is 5.97. The lowest BCUT2D eigenvalue weighted by molar-refractivity contribution is 0.0525. The molecule has 4 rings (SSSR count). The molecule has 3 heterocycles. The summed E-state index contributed by atoms with van der Waals surface area (Å²) < 4.78 is 12.6. The minimum absolute atomic E-state index is 0.133. The van der Waals surface area contributed by atoms with Gasteiger partial charge in [0.2, 0.25) is 0 Å². The number of hydrogen-bond acceptors (Lipinski definition) is 7. The molecule has 33 heavy (non-hydrogen) atoms. The third kappa shape index (κ3) is 4.78. The first-order valence-electron chi connectivity index (χ1n) is 10.5. The van der Waals surface area contributed by atoms with Gasteiger partial charge in [0.25, 0.3) is 0 Å². The molecule has 0 radical (unpaired) electrons. The van der Waals surface area contributed by atoms with Crippen LogP contribution in [-0.2, 0) is 11.3 Å². The Kier molecular flexibility index (Phi) is 6.79. The Balaban J connectivity index is 1.57. The lowest BCUT2D eigenvalue weighted by Gasteiger charge is -2.09. The zero-order valence-electron chi connectivity index (χ0n) is 18.6. The number of thioether (sulfide) groups is 1. The molecule has 0 aliphatic heterocycles. The Morgan fingerprint density at radius 3 is 2.61 bits per heavy atom. The molecule has 0 saturated heterocycles. The number of benzene rings is 1. The van der Waals surface area contributed by atoms with Crippen LogP contribution in [0.15, 0.2) is 58.3 Å². The van der Waals surface area contributed by atoms with Crippen molar-refractivity contribution in [1.82, 2.24) is 19.7 Å². The number of esters is 1. The highest BCUT2D eigenvalue weighted by Crippen LogP contribution is 2.27. The third-order valence-corrected chi connectivity index (χ3v) is 6.14. The second-order valence-electron chi connectivity index (χ2n) is 7.40. The Labute approximate surface area is 195 Å². The molecule has 1 N–H and O–H groups in total. The number of ether oxygens (including phenoxy) is 1. The molecule has 0 amide bonds. The van der Waals surface area contributed by atoms with E-state index >= 15 is 0 Å². The predicted octanol–water partition coefficient (Wildman–Crippen LogP) is 4.68. The van der Waals surface area contributed by atoms with Crippen molar-refractivity contribution < 1.29 is 18.7 Å². The molecule has 0 spiro atoms. The minimum atomic E-state index is -0.429. The number of nitrogens with zero attached hydrogens (tertiary/aromatic N) is 3. The van der Waals surface area contributed by atoms with Crippen molar-refractivity contribution >= 4 is 23.5 Å². The maximum absolute atomic E-state index is 13.0. The zero-order chi connectivity index (χ0) is 23.4. The molecule has 1 aromatic carbocycles. The van der Waals surface area contributed by atoms with Crippen LogP contribution >= 0.6 is 11.8 Å². The van der Waals surface area contributed by atoms with E-state index in [2.05, 4.69) is 15.2 Å². The number of carbonyl (C=O) groups is 2. The van der Waals surface area contributed by atoms with Crippen molar-refractivity contribution in [3.63, 3.8) is 0 Å². The van der Waals surface area contributed by atoms with E-state index in [4.69, 9.17) is 9.15 Å². The first kappa shape index (κ1) is 22.6. The van der Waals surface area contributed by atoms with Crippen LogP contribution in [0.2, 0.25) is 0 Å². The molecule has 170 valence electrons. The topological polar surface area (TPSA) is 103 Å². The first-order valence-corrected chi connectivity index (χ1v) is 11.5. The van der Waals surface area contributed by atoms with E-state index in [9.17, 15) is 9.59 Å². The molecule has 0 fully saturated rings. The number of aromatic nitrogens is 4. The van der Waals surface area contributed by atoms with Crippen molar-refractivity contribution in [2.75, 3.05) is 12.4 Å². The van der Waals surface area contributed by atoms with Crippen LogP contribution in [0.5, 0.6) is 0 Å². The van der Waals surface area contributed by atoms with Crippen molar-refractivity contribution in [3.05, 3.63) is 77.0 Å². The van der Waals surface area contributed by atoms with E-state index in [-0.39, 0.29) is 18.1 Å². The highest BCUT2D eigenvalue weighted by molar-refractivity contribution is 7.99. The summed E-state index contributed by atoms with van der Waals surface area (Å²) in [4.78, 5) is 28.3.